The van der Waals surface area contributed by atoms with Crippen LogP contribution in [-0.4, -0.2) is 41.4 Å². The number of rotatable bonds is 5. The number of H-pyrrole nitrogens is 1. The zero-order chi connectivity index (χ0) is 21.1. The number of benzene rings is 2. The molecule has 2 N–H and O–H groups in total. The van der Waals surface area contributed by atoms with Crippen molar-refractivity contribution < 1.29 is 23.8 Å². The lowest BCUT2D eigenvalue weighted by atomic mass is 10.1. The van der Waals surface area contributed by atoms with Crippen LogP contribution in [0.2, 0.25) is 0 Å². The number of hydrogen-bond acceptors (Lipinski definition) is 7. The van der Waals surface area contributed by atoms with Gasteiger partial charge in [0.2, 0.25) is 0 Å². The third-order valence-electron chi connectivity index (χ3n) is 4.57. The second kappa shape index (κ2) is 8.24. The molecule has 4 rings (SSSR count). The molecule has 1 atom stereocenters. The minimum Gasteiger partial charge on any atom is -0.486 e. The minimum atomic E-state index is -1.03. The summed E-state index contributed by atoms with van der Waals surface area (Å²) in [6, 6.07) is 11.9. The SMILES string of the molecule is CC(OC(=O)Cc1n[nH]c(=O)c2ccccc12)C(=O)Nc1ccc2c(c1)OCCO2. The van der Waals surface area contributed by atoms with Crippen molar-refractivity contribution in [1.82, 2.24) is 10.2 Å². The van der Waals surface area contributed by atoms with Crippen LogP contribution < -0.4 is 20.3 Å². The third kappa shape index (κ3) is 4.09. The summed E-state index contributed by atoms with van der Waals surface area (Å²) in [4.78, 5) is 36.6. The summed E-state index contributed by atoms with van der Waals surface area (Å²) in [5.41, 5.74) is 0.532. The Balaban J connectivity index is 1.39. The van der Waals surface area contributed by atoms with E-state index in [1.54, 1.807) is 42.5 Å². The summed E-state index contributed by atoms with van der Waals surface area (Å²) >= 11 is 0. The van der Waals surface area contributed by atoms with Crippen molar-refractivity contribution in [3.63, 3.8) is 0 Å². The topological polar surface area (TPSA) is 120 Å². The van der Waals surface area contributed by atoms with Gasteiger partial charge in [0, 0.05) is 17.1 Å². The number of carbonyl (C=O) groups excluding carboxylic acids is 2. The fraction of sp³-hybridized carbons (Fsp3) is 0.238. The Kier molecular flexibility index (Phi) is 5.34. The second-order valence-corrected chi connectivity index (χ2v) is 6.70. The highest BCUT2D eigenvalue weighted by Gasteiger charge is 2.21. The molecule has 30 heavy (non-hydrogen) atoms. The predicted octanol–water partition coefficient (Wildman–Crippen LogP) is 1.81. The van der Waals surface area contributed by atoms with Gasteiger partial charge in [-0.15, -0.1) is 0 Å². The predicted molar refractivity (Wildman–Crippen MR) is 108 cm³/mol. The molecule has 3 aromatic rings. The highest BCUT2D eigenvalue weighted by molar-refractivity contribution is 5.95. The third-order valence-corrected chi connectivity index (χ3v) is 4.57. The summed E-state index contributed by atoms with van der Waals surface area (Å²) in [7, 11) is 0. The van der Waals surface area contributed by atoms with Crippen LogP contribution in [0.25, 0.3) is 10.8 Å². The molecule has 0 spiro atoms. The fourth-order valence-corrected chi connectivity index (χ4v) is 3.10. The van der Waals surface area contributed by atoms with Crippen molar-refractivity contribution >= 4 is 28.3 Å². The Labute approximate surface area is 171 Å². The van der Waals surface area contributed by atoms with E-state index in [0.717, 1.165) is 0 Å². The van der Waals surface area contributed by atoms with Gasteiger partial charge in [0.05, 0.1) is 17.5 Å². The van der Waals surface area contributed by atoms with Gasteiger partial charge in [0.25, 0.3) is 11.5 Å². The molecule has 9 heteroatoms. The molecule has 0 saturated heterocycles. The summed E-state index contributed by atoms with van der Waals surface area (Å²) in [6.45, 7) is 2.39. The Morgan fingerprint density at radius 3 is 2.67 bits per heavy atom. The van der Waals surface area contributed by atoms with Crippen LogP contribution in [0.15, 0.2) is 47.3 Å². The molecule has 1 aromatic heterocycles. The number of aromatic nitrogens is 2. The van der Waals surface area contributed by atoms with Crippen molar-refractivity contribution in [1.29, 1.82) is 0 Å². The molecule has 0 radical (unpaired) electrons. The standard InChI is InChI=1S/C21H19N3O6/c1-12(20(26)22-13-6-7-17-18(10-13)29-9-8-28-17)30-19(25)11-16-14-4-2-3-5-15(14)21(27)24-23-16/h2-7,10,12H,8-9,11H2,1H3,(H,22,26)(H,24,27). The number of fused-ring (bicyclic) bond motifs is 2. The number of anilines is 1. The Hall–Kier alpha value is -3.88. The van der Waals surface area contributed by atoms with Crippen molar-refractivity contribution in [3.05, 3.63) is 58.5 Å². The number of nitrogens with one attached hydrogen (secondary N) is 2. The first-order chi connectivity index (χ1) is 14.5. The number of ether oxygens (including phenoxy) is 3. The van der Waals surface area contributed by atoms with Crippen LogP contribution >= 0.6 is 0 Å². The average molecular weight is 409 g/mol. The Morgan fingerprint density at radius 1 is 1.13 bits per heavy atom. The fourth-order valence-electron chi connectivity index (χ4n) is 3.10. The highest BCUT2D eigenvalue weighted by Crippen LogP contribution is 2.32. The Bertz CT molecular complexity index is 1170. The molecular formula is C21H19N3O6. The first-order valence-corrected chi connectivity index (χ1v) is 9.37. The van der Waals surface area contributed by atoms with Gasteiger partial charge in [0.15, 0.2) is 17.6 Å². The number of hydrogen-bond donors (Lipinski definition) is 2. The van der Waals surface area contributed by atoms with E-state index in [9.17, 15) is 14.4 Å². The molecular weight excluding hydrogens is 390 g/mol. The van der Waals surface area contributed by atoms with Crippen LogP contribution in [0.1, 0.15) is 12.6 Å². The van der Waals surface area contributed by atoms with E-state index in [2.05, 4.69) is 15.5 Å². The summed E-state index contributed by atoms with van der Waals surface area (Å²) in [5, 5.41) is 9.98. The van der Waals surface area contributed by atoms with E-state index in [1.807, 2.05) is 0 Å². The van der Waals surface area contributed by atoms with Crippen LogP contribution in [-0.2, 0) is 20.7 Å². The second-order valence-electron chi connectivity index (χ2n) is 6.70. The van der Waals surface area contributed by atoms with Gasteiger partial charge in [-0.2, -0.15) is 5.10 Å². The maximum absolute atomic E-state index is 12.4. The van der Waals surface area contributed by atoms with Gasteiger partial charge < -0.3 is 19.5 Å². The number of aromatic amines is 1. The first-order valence-electron chi connectivity index (χ1n) is 9.37. The molecule has 1 unspecified atom stereocenters. The van der Waals surface area contributed by atoms with Gasteiger partial charge in [0.1, 0.15) is 13.2 Å². The van der Waals surface area contributed by atoms with E-state index < -0.39 is 18.0 Å². The van der Waals surface area contributed by atoms with Crippen molar-refractivity contribution in [2.75, 3.05) is 18.5 Å². The molecule has 0 aliphatic carbocycles. The van der Waals surface area contributed by atoms with Crippen LogP contribution in [0.4, 0.5) is 5.69 Å². The number of carbonyl (C=O) groups is 2. The van der Waals surface area contributed by atoms with Gasteiger partial charge in [-0.3, -0.25) is 14.4 Å². The summed E-state index contributed by atoms with van der Waals surface area (Å²) < 4.78 is 16.2. The number of nitrogens with zero attached hydrogens (tertiary/aromatic N) is 1. The number of esters is 1. The van der Waals surface area contributed by atoms with Gasteiger partial charge in [-0.1, -0.05) is 18.2 Å². The maximum atomic E-state index is 12.4. The average Bonchev–Trinajstić information content (AvgIpc) is 2.75. The highest BCUT2D eigenvalue weighted by atomic mass is 16.6. The van der Waals surface area contributed by atoms with Gasteiger partial charge in [-0.25, -0.2) is 5.10 Å². The molecule has 1 aliphatic heterocycles. The zero-order valence-electron chi connectivity index (χ0n) is 16.1. The Morgan fingerprint density at radius 2 is 1.87 bits per heavy atom. The quantitative estimate of drug-likeness (QED) is 0.617. The van der Waals surface area contributed by atoms with Gasteiger partial charge in [-0.05, 0) is 25.1 Å². The molecule has 0 saturated carbocycles. The monoisotopic (exact) mass is 409 g/mol. The zero-order valence-corrected chi connectivity index (χ0v) is 16.1. The molecule has 0 bridgehead atoms. The first kappa shape index (κ1) is 19.4. The normalized spacial score (nSPS) is 13.5. The lowest BCUT2D eigenvalue weighted by Crippen LogP contribution is -2.30. The number of amides is 1. The molecule has 2 aromatic carbocycles. The molecule has 154 valence electrons. The largest absolute Gasteiger partial charge is 0.486 e. The lowest BCUT2D eigenvalue weighted by molar-refractivity contribution is -0.152. The van der Waals surface area contributed by atoms with Crippen molar-refractivity contribution in [2.24, 2.45) is 0 Å². The van der Waals surface area contributed by atoms with Gasteiger partial charge >= 0.3 is 5.97 Å². The van der Waals surface area contributed by atoms with E-state index in [0.29, 0.717) is 46.9 Å². The van der Waals surface area contributed by atoms with Crippen LogP contribution in [0, 0.1) is 0 Å². The smallest absolute Gasteiger partial charge is 0.312 e. The van der Waals surface area contributed by atoms with E-state index >= 15 is 0 Å². The van der Waals surface area contributed by atoms with Crippen LogP contribution in [0.5, 0.6) is 11.5 Å². The van der Waals surface area contributed by atoms with E-state index in [-0.39, 0.29) is 12.0 Å². The van der Waals surface area contributed by atoms with Crippen LogP contribution in [0.3, 0.4) is 0 Å². The maximum Gasteiger partial charge on any atom is 0.312 e. The lowest BCUT2D eigenvalue weighted by Gasteiger charge is -2.19. The molecule has 9 nitrogen and oxygen atoms in total. The molecule has 0 fully saturated rings. The minimum absolute atomic E-state index is 0.182. The van der Waals surface area contributed by atoms with E-state index in [4.69, 9.17) is 14.2 Å². The molecule has 1 amide bonds. The van der Waals surface area contributed by atoms with Crippen molar-refractivity contribution in [3.8, 4) is 11.5 Å². The summed E-state index contributed by atoms with van der Waals surface area (Å²) in [6.07, 6.45) is -1.21. The molecule has 2 heterocycles. The summed E-state index contributed by atoms with van der Waals surface area (Å²) in [5.74, 6) is 0.0305. The van der Waals surface area contributed by atoms with Crippen molar-refractivity contribution in [2.45, 2.75) is 19.4 Å². The van der Waals surface area contributed by atoms with E-state index in [1.165, 1.54) is 6.92 Å². The molecule has 1 aliphatic rings.